The van der Waals surface area contributed by atoms with Crippen molar-refractivity contribution in [3.63, 3.8) is 0 Å². The number of unbranched alkanes of at least 4 members (excludes halogenated alkanes) is 3. The van der Waals surface area contributed by atoms with Crippen molar-refractivity contribution in [2.75, 3.05) is 24.8 Å². The maximum absolute atomic E-state index is 12.4. The number of hydrogen-bond donors (Lipinski definition) is 2. The van der Waals surface area contributed by atoms with Crippen LogP contribution in [-0.4, -0.2) is 19.6 Å². The summed E-state index contributed by atoms with van der Waals surface area (Å²) in [5.74, 6) is 1.11. The Morgan fingerprint density at radius 3 is 2.52 bits per heavy atom. The number of methoxy groups -OCH3 is 1. The Balaban J connectivity index is 1.93. The average molecular weight is 342 g/mol. The molecular weight excluding hydrogens is 316 g/mol. The van der Waals surface area contributed by atoms with Gasteiger partial charge in [0.05, 0.1) is 19.4 Å². The fourth-order valence-electron chi connectivity index (χ4n) is 2.44. The van der Waals surface area contributed by atoms with Crippen molar-refractivity contribution in [3.8, 4) is 11.5 Å². The van der Waals surface area contributed by atoms with Crippen LogP contribution in [0.3, 0.4) is 0 Å². The van der Waals surface area contributed by atoms with Gasteiger partial charge in [0.1, 0.15) is 11.5 Å². The highest BCUT2D eigenvalue weighted by Crippen LogP contribution is 2.27. The van der Waals surface area contributed by atoms with Gasteiger partial charge in [0.15, 0.2) is 0 Å². The number of hydrogen-bond acceptors (Lipinski definition) is 4. The van der Waals surface area contributed by atoms with Gasteiger partial charge in [-0.15, -0.1) is 0 Å². The molecule has 0 saturated carbocycles. The second-order valence-corrected chi connectivity index (χ2v) is 5.85. The van der Waals surface area contributed by atoms with E-state index in [0.717, 1.165) is 12.2 Å². The second-order valence-electron chi connectivity index (χ2n) is 5.85. The Kier molecular flexibility index (Phi) is 7.14. The molecule has 1 amide bonds. The number of benzene rings is 2. The third kappa shape index (κ3) is 5.71. The van der Waals surface area contributed by atoms with Gasteiger partial charge in [-0.2, -0.15) is 0 Å². The largest absolute Gasteiger partial charge is 0.495 e. The van der Waals surface area contributed by atoms with Crippen molar-refractivity contribution in [2.24, 2.45) is 0 Å². The first-order chi connectivity index (χ1) is 12.1. The SMILES string of the molecule is CCCCCCOc1ccc(C(=O)Nc2cc(N)ccc2OC)cc1. The van der Waals surface area contributed by atoms with Crippen LogP contribution in [0.5, 0.6) is 11.5 Å². The van der Waals surface area contributed by atoms with Gasteiger partial charge >= 0.3 is 0 Å². The topological polar surface area (TPSA) is 73.6 Å². The molecule has 0 fully saturated rings. The van der Waals surface area contributed by atoms with Gasteiger partial charge < -0.3 is 20.5 Å². The van der Waals surface area contributed by atoms with Crippen LogP contribution < -0.4 is 20.5 Å². The van der Waals surface area contributed by atoms with Gasteiger partial charge in [0.2, 0.25) is 0 Å². The molecule has 0 aromatic heterocycles. The van der Waals surface area contributed by atoms with Crippen LogP contribution in [0.1, 0.15) is 43.0 Å². The third-order valence-electron chi connectivity index (χ3n) is 3.85. The number of nitrogens with one attached hydrogen (secondary N) is 1. The lowest BCUT2D eigenvalue weighted by Crippen LogP contribution is -2.13. The number of carbonyl (C=O) groups excluding carboxylic acids is 1. The monoisotopic (exact) mass is 342 g/mol. The van der Waals surface area contributed by atoms with Crippen molar-refractivity contribution in [1.29, 1.82) is 0 Å². The maximum Gasteiger partial charge on any atom is 0.255 e. The number of ether oxygens (including phenoxy) is 2. The van der Waals surface area contributed by atoms with Crippen molar-refractivity contribution >= 4 is 17.3 Å². The van der Waals surface area contributed by atoms with Gasteiger partial charge in [-0.3, -0.25) is 4.79 Å². The molecule has 2 aromatic carbocycles. The molecular formula is C20H26N2O3. The van der Waals surface area contributed by atoms with Crippen molar-refractivity contribution in [3.05, 3.63) is 48.0 Å². The van der Waals surface area contributed by atoms with Gasteiger partial charge in [0.25, 0.3) is 5.91 Å². The Morgan fingerprint density at radius 1 is 1.08 bits per heavy atom. The first-order valence-electron chi connectivity index (χ1n) is 8.61. The van der Waals surface area contributed by atoms with E-state index < -0.39 is 0 Å². The smallest absolute Gasteiger partial charge is 0.255 e. The Morgan fingerprint density at radius 2 is 1.84 bits per heavy atom. The van der Waals surface area contributed by atoms with E-state index in [2.05, 4.69) is 12.2 Å². The van der Waals surface area contributed by atoms with E-state index in [1.165, 1.54) is 19.3 Å². The fraction of sp³-hybridized carbons (Fsp3) is 0.350. The summed E-state index contributed by atoms with van der Waals surface area (Å²) < 4.78 is 10.9. The minimum absolute atomic E-state index is 0.224. The molecule has 5 nitrogen and oxygen atoms in total. The van der Waals surface area contributed by atoms with E-state index in [9.17, 15) is 4.79 Å². The maximum atomic E-state index is 12.4. The average Bonchev–Trinajstić information content (AvgIpc) is 2.62. The summed E-state index contributed by atoms with van der Waals surface area (Å²) >= 11 is 0. The number of anilines is 2. The van der Waals surface area contributed by atoms with Crippen LogP contribution >= 0.6 is 0 Å². The van der Waals surface area contributed by atoms with Crippen molar-refractivity contribution < 1.29 is 14.3 Å². The third-order valence-corrected chi connectivity index (χ3v) is 3.85. The van der Waals surface area contributed by atoms with Crippen molar-refractivity contribution in [2.45, 2.75) is 32.6 Å². The summed E-state index contributed by atoms with van der Waals surface area (Å²) in [5.41, 5.74) is 7.42. The zero-order chi connectivity index (χ0) is 18.1. The molecule has 134 valence electrons. The van der Waals surface area contributed by atoms with Gasteiger partial charge in [-0.05, 0) is 48.9 Å². The normalized spacial score (nSPS) is 10.3. The van der Waals surface area contributed by atoms with Gasteiger partial charge in [0, 0.05) is 11.3 Å². The highest BCUT2D eigenvalue weighted by Gasteiger charge is 2.10. The molecule has 2 rings (SSSR count). The minimum Gasteiger partial charge on any atom is -0.495 e. The zero-order valence-corrected chi connectivity index (χ0v) is 14.9. The Labute approximate surface area is 149 Å². The van der Waals surface area contributed by atoms with E-state index in [1.807, 2.05) is 12.1 Å². The lowest BCUT2D eigenvalue weighted by atomic mass is 10.2. The molecule has 2 aromatic rings. The summed E-state index contributed by atoms with van der Waals surface area (Å²) in [6.45, 7) is 2.88. The predicted octanol–water partition coefficient (Wildman–Crippen LogP) is 4.49. The van der Waals surface area contributed by atoms with Crippen LogP contribution in [0.2, 0.25) is 0 Å². The highest BCUT2D eigenvalue weighted by atomic mass is 16.5. The molecule has 0 aliphatic rings. The van der Waals surface area contributed by atoms with Crippen LogP contribution in [0.4, 0.5) is 11.4 Å². The van der Waals surface area contributed by atoms with E-state index >= 15 is 0 Å². The molecule has 0 unspecified atom stereocenters. The van der Waals surface area contributed by atoms with Crippen LogP contribution in [-0.2, 0) is 0 Å². The number of nitrogen functional groups attached to an aromatic ring is 1. The summed E-state index contributed by atoms with van der Waals surface area (Å²) in [6.07, 6.45) is 4.67. The Hall–Kier alpha value is -2.69. The number of nitrogens with two attached hydrogens (primary N) is 1. The van der Waals surface area contributed by atoms with Crippen LogP contribution in [0.25, 0.3) is 0 Å². The quantitative estimate of drug-likeness (QED) is 0.520. The van der Waals surface area contributed by atoms with Crippen LogP contribution in [0.15, 0.2) is 42.5 Å². The predicted molar refractivity (Wildman–Crippen MR) is 101 cm³/mol. The highest BCUT2D eigenvalue weighted by molar-refractivity contribution is 6.05. The summed E-state index contributed by atoms with van der Waals surface area (Å²) in [6, 6.07) is 12.2. The molecule has 0 bridgehead atoms. The first kappa shape index (κ1) is 18.6. The molecule has 0 saturated heterocycles. The molecule has 0 aliphatic carbocycles. The van der Waals surface area contributed by atoms with Crippen LogP contribution in [0, 0.1) is 0 Å². The zero-order valence-electron chi connectivity index (χ0n) is 14.9. The molecule has 0 aliphatic heterocycles. The molecule has 3 N–H and O–H groups in total. The van der Waals surface area contributed by atoms with E-state index in [1.54, 1.807) is 37.4 Å². The van der Waals surface area contributed by atoms with Crippen molar-refractivity contribution in [1.82, 2.24) is 0 Å². The summed E-state index contributed by atoms with van der Waals surface area (Å²) in [7, 11) is 1.55. The molecule has 0 spiro atoms. The summed E-state index contributed by atoms with van der Waals surface area (Å²) in [5, 5.41) is 2.82. The summed E-state index contributed by atoms with van der Waals surface area (Å²) in [4.78, 5) is 12.4. The lowest BCUT2D eigenvalue weighted by molar-refractivity contribution is 0.102. The number of carbonyl (C=O) groups is 1. The molecule has 0 radical (unpaired) electrons. The standard InChI is InChI=1S/C20H26N2O3/c1-3-4-5-6-13-25-17-10-7-15(8-11-17)20(23)22-18-14-16(21)9-12-19(18)24-2/h7-12,14H,3-6,13,21H2,1-2H3,(H,22,23). The van der Waals surface area contributed by atoms with Gasteiger partial charge in [-0.1, -0.05) is 26.2 Å². The van der Waals surface area contributed by atoms with E-state index in [4.69, 9.17) is 15.2 Å². The molecule has 5 heteroatoms. The molecule has 0 heterocycles. The Bertz CT molecular complexity index is 684. The van der Waals surface area contributed by atoms with E-state index in [-0.39, 0.29) is 5.91 Å². The molecule has 0 atom stereocenters. The van der Waals surface area contributed by atoms with E-state index in [0.29, 0.717) is 29.3 Å². The fourth-order valence-corrected chi connectivity index (χ4v) is 2.44. The minimum atomic E-state index is -0.224. The number of amides is 1. The van der Waals surface area contributed by atoms with Gasteiger partial charge in [-0.25, -0.2) is 0 Å². The lowest BCUT2D eigenvalue weighted by Gasteiger charge is -2.11. The second kappa shape index (κ2) is 9.57. The first-order valence-corrected chi connectivity index (χ1v) is 8.61. The number of rotatable bonds is 9. The molecule has 25 heavy (non-hydrogen) atoms.